The summed E-state index contributed by atoms with van der Waals surface area (Å²) in [4.78, 5) is 17.5. The van der Waals surface area contributed by atoms with Crippen LogP contribution in [-0.2, 0) is 32.4 Å². The van der Waals surface area contributed by atoms with Gasteiger partial charge in [0, 0.05) is 13.1 Å². The summed E-state index contributed by atoms with van der Waals surface area (Å²) in [5.41, 5.74) is 1.85. The Kier molecular flexibility index (Phi) is 6.17. The molecule has 3 rings (SSSR count). The van der Waals surface area contributed by atoms with Crippen LogP contribution in [0.2, 0.25) is 0 Å². The van der Waals surface area contributed by atoms with Crippen molar-refractivity contribution >= 4 is 6.03 Å². The predicted molar refractivity (Wildman–Crippen MR) is 92.9 cm³/mol. The Labute approximate surface area is 159 Å². The van der Waals surface area contributed by atoms with Crippen molar-refractivity contribution in [2.75, 3.05) is 13.1 Å². The molecule has 154 valence electrons. The Bertz CT molecular complexity index is 800. The minimum atomic E-state index is -4.62. The molecule has 2 aromatic heterocycles. The van der Waals surface area contributed by atoms with Gasteiger partial charge in [-0.1, -0.05) is 13.3 Å². The van der Waals surface area contributed by atoms with Crippen LogP contribution in [-0.4, -0.2) is 49.0 Å². The van der Waals surface area contributed by atoms with Crippen LogP contribution in [0.5, 0.6) is 0 Å². The lowest BCUT2D eigenvalue weighted by Crippen LogP contribution is -2.35. The molecule has 3 heterocycles. The molecule has 1 aliphatic heterocycles. The largest absolute Gasteiger partial charge is 0.453 e. The highest BCUT2D eigenvalue weighted by Gasteiger charge is 2.36. The standard InChI is InChI=1S/C16H23F3N8O/c1-2-3-4-26-5-6-27-12(10-26)7-11(25-27)8-20-15(28)21-9-13-22-14(24-23-13)16(17,18)19/h7H,2-6,8-10H2,1H3,(H2,20,21,28)(H,22,23,24). The summed E-state index contributed by atoms with van der Waals surface area (Å²) in [6, 6.07) is 1.44. The molecule has 9 nitrogen and oxygen atoms in total. The van der Waals surface area contributed by atoms with E-state index in [0.29, 0.717) is 0 Å². The van der Waals surface area contributed by atoms with Gasteiger partial charge in [0.15, 0.2) is 0 Å². The van der Waals surface area contributed by atoms with E-state index in [2.05, 4.69) is 42.7 Å². The number of halogens is 3. The number of alkyl halides is 3. The molecule has 0 spiro atoms. The van der Waals surface area contributed by atoms with Crippen LogP contribution in [0.3, 0.4) is 0 Å². The summed E-state index contributed by atoms with van der Waals surface area (Å²) in [5.74, 6) is -1.34. The lowest BCUT2D eigenvalue weighted by atomic mass is 10.2. The smallest absolute Gasteiger partial charge is 0.332 e. The van der Waals surface area contributed by atoms with Gasteiger partial charge in [0.2, 0.25) is 0 Å². The van der Waals surface area contributed by atoms with Crippen LogP contribution in [0.4, 0.5) is 18.0 Å². The quantitative estimate of drug-likeness (QED) is 0.656. The van der Waals surface area contributed by atoms with Crippen molar-refractivity contribution in [3.05, 3.63) is 29.1 Å². The van der Waals surface area contributed by atoms with Gasteiger partial charge in [-0.2, -0.15) is 18.3 Å². The number of amides is 2. The zero-order chi connectivity index (χ0) is 20.1. The summed E-state index contributed by atoms with van der Waals surface area (Å²) in [7, 11) is 0. The molecule has 0 saturated heterocycles. The van der Waals surface area contributed by atoms with Crippen LogP contribution in [0.25, 0.3) is 0 Å². The Morgan fingerprint density at radius 1 is 1.29 bits per heavy atom. The summed E-state index contributed by atoms with van der Waals surface area (Å²) < 4.78 is 39.3. The number of nitrogens with zero attached hydrogens (tertiary/aromatic N) is 5. The van der Waals surface area contributed by atoms with Gasteiger partial charge in [0.05, 0.1) is 31.0 Å². The van der Waals surface area contributed by atoms with Gasteiger partial charge >= 0.3 is 12.2 Å². The van der Waals surface area contributed by atoms with E-state index in [1.165, 1.54) is 6.42 Å². The molecule has 0 radical (unpaired) electrons. The van der Waals surface area contributed by atoms with Gasteiger partial charge in [-0.25, -0.2) is 9.78 Å². The van der Waals surface area contributed by atoms with Gasteiger partial charge in [0.25, 0.3) is 5.82 Å². The van der Waals surface area contributed by atoms with Crippen molar-refractivity contribution < 1.29 is 18.0 Å². The van der Waals surface area contributed by atoms with Gasteiger partial charge < -0.3 is 10.6 Å². The van der Waals surface area contributed by atoms with Crippen molar-refractivity contribution in [2.24, 2.45) is 0 Å². The van der Waals surface area contributed by atoms with Crippen molar-refractivity contribution in [3.8, 4) is 0 Å². The molecule has 28 heavy (non-hydrogen) atoms. The second kappa shape index (κ2) is 8.59. The van der Waals surface area contributed by atoms with Crippen LogP contribution >= 0.6 is 0 Å². The lowest BCUT2D eigenvalue weighted by Gasteiger charge is -2.27. The number of carbonyl (C=O) groups is 1. The minimum Gasteiger partial charge on any atom is -0.332 e. The first-order chi connectivity index (χ1) is 13.3. The number of urea groups is 1. The Hall–Kier alpha value is -2.63. The summed E-state index contributed by atoms with van der Waals surface area (Å²) in [5, 5.41) is 14.8. The molecular weight excluding hydrogens is 377 g/mol. The van der Waals surface area contributed by atoms with Gasteiger partial charge in [0.1, 0.15) is 5.82 Å². The highest BCUT2D eigenvalue weighted by atomic mass is 19.4. The number of carbonyl (C=O) groups excluding carboxylic acids is 1. The number of hydrogen-bond acceptors (Lipinski definition) is 5. The van der Waals surface area contributed by atoms with Gasteiger partial charge in [-0.3, -0.25) is 14.7 Å². The molecule has 0 saturated carbocycles. The fraction of sp³-hybridized carbons (Fsp3) is 0.625. The molecule has 0 aliphatic carbocycles. The van der Waals surface area contributed by atoms with E-state index in [0.717, 1.165) is 44.0 Å². The van der Waals surface area contributed by atoms with Crippen LogP contribution in [0.1, 0.15) is 42.8 Å². The third kappa shape index (κ3) is 5.21. The summed E-state index contributed by atoms with van der Waals surface area (Å²) in [6.07, 6.45) is -2.30. The second-order valence-corrected chi connectivity index (χ2v) is 6.62. The fourth-order valence-corrected chi connectivity index (χ4v) is 2.94. The number of nitrogens with one attached hydrogen (secondary N) is 3. The maximum absolute atomic E-state index is 12.4. The fourth-order valence-electron chi connectivity index (χ4n) is 2.94. The summed E-state index contributed by atoms with van der Waals surface area (Å²) in [6.45, 7) is 5.88. The zero-order valence-electron chi connectivity index (χ0n) is 15.5. The minimum absolute atomic E-state index is 0.0768. The first kappa shape index (κ1) is 20.1. The highest BCUT2D eigenvalue weighted by Crippen LogP contribution is 2.25. The van der Waals surface area contributed by atoms with Crippen molar-refractivity contribution in [1.29, 1.82) is 0 Å². The number of aromatic nitrogens is 5. The average molecular weight is 400 g/mol. The number of fused-ring (bicyclic) bond motifs is 1. The molecule has 0 fully saturated rings. The average Bonchev–Trinajstić information content (AvgIpc) is 3.28. The molecule has 3 N–H and O–H groups in total. The Balaban J connectivity index is 1.44. The molecule has 1 aliphatic rings. The van der Waals surface area contributed by atoms with Crippen molar-refractivity contribution in [1.82, 2.24) is 40.5 Å². The van der Waals surface area contributed by atoms with Crippen LogP contribution in [0.15, 0.2) is 6.07 Å². The van der Waals surface area contributed by atoms with Crippen LogP contribution in [0, 0.1) is 0 Å². The van der Waals surface area contributed by atoms with Crippen LogP contribution < -0.4 is 10.6 Å². The first-order valence-corrected chi connectivity index (χ1v) is 9.13. The van der Waals surface area contributed by atoms with Gasteiger partial charge in [-0.05, 0) is 19.0 Å². The number of unbranched alkanes of at least 4 members (excludes halogenated alkanes) is 1. The molecule has 0 atom stereocenters. The monoisotopic (exact) mass is 400 g/mol. The van der Waals surface area contributed by atoms with E-state index >= 15 is 0 Å². The maximum Gasteiger partial charge on any atom is 0.453 e. The number of rotatable bonds is 7. The van der Waals surface area contributed by atoms with Crippen molar-refractivity contribution in [3.63, 3.8) is 0 Å². The molecule has 12 heteroatoms. The maximum atomic E-state index is 12.4. The van der Waals surface area contributed by atoms with Gasteiger partial charge in [-0.15, -0.1) is 5.10 Å². The number of H-pyrrole nitrogens is 1. The molecule has 2 aromatic rings. The normalized spacial score (nSPS) is 14.7. The van der Waals surface area contributed by atoms with E-state index in [-0.39, 0.29) is 18.9 Å². The third-order valence-electron chi connectivity index (χ3n) is 4.39. The molecule has 0 aromatic carbocycles. The SMILES string of the molecule is CCCCN1CCn2nc(CNC(=O)NCc3nc(C(F)(F)F)n[nH]3)cc2C1. The topological polar surface area (TPSA) is 104 Å². The number of hydrogen-bond donors (Lipinski definition) is 3. The molecular formula is C16H23F3N8O. The lowest BCUT2D eigenvalue weighted by molar-refractivity contribution is -0.144. The van der Waals surface area contributed by atoms with E-state index in [9.17, 15) is 18.0 Å². The Morgan fingerprint density at radius 2 is 2.07 bits per heavy atom. The molecule has 0 bridgehead atoms. The van der Waals surface area contributed by atoms with Crippen molar-refractivity contribution in [2.45, 2.75) is 52.1 Å². The summed E-state index contributed by atoms with van der Waals surface area (Å²) >= 11 is 0. The molecule has 0 unspecified atom stereocenters. The molecule has 2 amide bonds. The van der Waals surface area contributed by atoms with E-state index in [1.54, 1.807) is 0 Å². The third-order valence-corrected chi connectivity index (χ3v) is 4.39. The van der Waals surface area contributed by atoms with E-state index in [1.807, 2.05) is 10.7 Å². The number of aromatic amines is 1. The highest BCUT2D eigenvalue weighted by molar-refractivity contribution is 5.73. The van der Waals surface area contributed by atoms with E-state index < -0.39 is 18.0 Å². The zero-order valence-corrected chi connectivity index (χ0v) is 15.5. The van der Waals surface area contributed by atoms with E-state index in [4.69, 9.17) is 0 Å². The first-order valence-electron chi connectivity index (χ1n) is 9.13. The Morgan fingerprint density at radius 3 is 2.79 bits per heavy atom. The second-order valence-electron chi connectivity index (χ2n) is 6.62. The predicted octanol–water partition coefficient (Wildman–Crippen LogP) is 1.64.